The number of aliphatic hydroxyl groups excluding tert-OH is 1. The molecule has 122 valence electrons. The molecule has 0 bridgehead atoms. The van der Waals surface area contributed by atoms with Gasteiger partial charge in [-0.25, -0.2) is 0 Å². The summed E-state index contributed by atoms with van der Waals surface area (Å²) in [5.74, 6) is 0.765. The summed E-state index contributed by atoms with van der Waals surface area (Å²) in [6, 6.07) is 11.7. The number of ether oxygens (including phenoxy) is 1. The van der Waals surface area contributed by atoms with Gasteiger partial charge in [0.1, 0.15) is 18.5 Å². The van der Waals surface area contributed by atoms with E-state index in [0.29, 0.717) is 6.54 Å². The molecule has 0 amide bonds. The van der Waals surface area contributed by atoms with Gasteiger partial charge in [-0.15, -0.1) is 0 Å². The Morgan fingerprint density at radius 3 is 2.92 bits per heavy atom. The molecule has 2 N–H and O–H groups in total. The summed E-state index contributed by atoms with van der Waals surface area (Å²) in [6.45, 7) is 0.591. The van der Waals surface area contributed by atoms with Gasteiger partial charge in [-0.2, -0.15) is 5.10 Å². The third kappa shape index (κ3) is 2.91. The zero-order valence-corrected chi connectivity index (χ0v) is 13.0. The zero-order valence-electron chi connectivity index (χ0n) is 13.0. The van der Waals surface area contributed by atoms with Crippen LogP contribution in [0, 0.1) is 0 Å². The summed E-state index contributed by atoms with van der Waals surface area (Å²) in [5, 5.41) is 15.5. The average Bonchev–Trinajstić information content (AvgIpc) is 3.32. The largest absolute Gasteiger partial charge is 0.490 e. The summed E-state index contributed by atoms with van der Waals surface area (Å²) in [6.07, 6.45) is 8.82. The van der Waals surface area contributed by atoms with Crippen LogP contribution in [-0.2, 0) is 6.54 Å². The van der Waals surface area contributed by atoms with Gasteiger partial charge in [0, 0.05) is 35.7 Å². The van der Waals surface area contributed by atoms with Crippen LogP contribution in [0.3, 0.4) is 0 Å². The highest BCUT2D eigenvalue weighted by atomic mass is 16.5. The van der Waals surface area contributed by atoms with E-state index >= 15 is 0 Å². The first-order valence-electron chi connectivity index (χ1n) is 7.82. The number of nitrogens with one attached hydrogen (secondary N) is 1. The lowest BCUT2D eigenvalue weighted by atomic mass is 10.2. The molecular weight excluding hydrogens is 304 g/mol. The molecule has 1 aromatic carbocycles. The van der Waals surface area contributed by atoms with Crippen LogP contribution in [0.2, 0.25) is 0 Å². The summed E-state index contributed by atoms with van der Waals surface area (Å²) in [5.41, 5.74) is 1.98. The number of fused-ring (bicyclic) bond motifs is 1. The minimum atomic E-state index is -0.642. The lowest BCUT2D eigenvalue weighted by Gasteiger charge is -2.13. The van der Waals surface area contributed by atoms with Gasteiger partial charge in [0.15, 0.2) is 0 Å². The SMILES string of the molecule is O[C@@H](COc1cccc2[nH]ccc12)Cn1cc(-n2cccc2)cn1. The van der Waals surface area contributed by atoms with Crippen molar-refractivity contribution < 1.29 is 9.84 Å². The fraction of sp³-hybridized carbons (Fsp3) is 0.167. The van der Waals surface area contributed by atoms with Crippen LogP contribution < -0.4 is 4.74 Å². The molecule has 4 rings (SSSR count). The third-order valence-corrected chi connectivity index (χ3v) is 3.91. The highest BCUT2D eigenvalue weighted by Crippen LogP contribution is 2.24. The molecule has 0 unspecified atom stereocenters. The summed E-state index contributed by atoms with van der Waals surface area (Å²) >= 11 is 0. The van der Waals surface area contributed by atoms with Crippen LogP contribution in [0.25, 0.3) is 16.6 Å². The van der Waals surface area contributed by atoms with Gasteiger partial charge in [0.25, 0.3) is 0 Å². The molecule has 0 spiro atoms. The number of benzene rings is 1. The first-order chi connectivity index (χ1) is 11.8. The van der Waals surface area contributed by atoms with Crippen LogP contribution in [-0.4, -0.2) is 37.1 Å². The molecule has 3 aromatic heterocycles. The first kappa shape index (κ1) is 14.6. The predicted molar refractivity (Wildman–Crippen MR) is 91.4 cm³/mol. The summed E-state index contributed by atoms with van der Waals surface area (Å²) in [7, 11) is 0. The van der Waals surface area contributed by atoms with Gasteiger partial charge in [0.2, 0.25) is 0 Å². The Kier molecular flexibility index (Phi) is 3.80. The quantitative estimate of drug-likeness (QED) is 0.573. The second-order valence-electron chi connectivity index (χ2n) is 5.67. The summed E-state index contributed by atoms with van der Waals surface area (Å²) in [4.78, 5) is 3.14. The maximum atomic E-state index is 10.2. The monoisotopic (exact) mass is 322 g/mol. The average molecular weight is 322 g/mol. The summed E-state index contributed by atoms with van der Waals surface area (Å²) < 4.78 is 9.47. The van der Waals surface area contributed by atoms with Crippen molar-refractivity contribution in [3.8, 4) is 11.4 Å². The molecule has 24 heavy (non-hydrogen) atoms. The van der Waals surface area contributed by atoms with E-state index in [1.807, 2.05) is 65.8 Å². The van der Waals surface area contributed by atoms with E-state index in [4.69, 9.17) is 4.74 Å². The van der Waals surface area contributed by atoms with Gasteiger partial charge < -0.3 is 19.4 Å². The number of aliphatic hydroxyl groups is 1. The molecule has 0 saturated heterocycles. The van der Waals surface area contributed by atoms with E-state index in [2.05, 4.69) is 10.1 Å². The Labute approximate surface area is 138 Å². The molecule has 4 aromatic rings. The lowest BCUT2D eigenvalue weighted by Crippen LogP contribution is -2.23. The van der Waals surface area contributed by atoms with E-state index in [0.717, 1.165) is 22.3 Å². The Balaban J connectivity index is 1.38. The maximum Gasteiger partial charge on any atom is 0.128 e. The molecule has 0 aliphatic rings. The van der Waals surface area contributed by atoms with Crippen molar-refractivity contribution in [2.24, 2.45) is 0 Å². The third-order valence-electron chi connectivity index (χ3n) is 3.91. The molecule has 0 saturated carbocycles. The molecule has 6 heteroatoms. The smallest absolute Gasteiger partial charge is 0.128 e. The van der Waals surface area contributed by atoms with Crippen molar-refractivity contribution in [1.29, 1.82) is 0 Å². The van der Waals surface area contributed by atoms with Crippen molar-refractivity contribution in [3.63, 3.8) is 0 Å². The van der Waals surface area contributed by atoms with Crippen LogP contribution in [0.5, 0.6) is 5.75 Å². The molecule has 0 fully saturated rings. The number of aromatic nitrogens is 4. The fourth-order valence-corrected chi connectivity index (χ4v) is 2.73. The minimum Gasteiger partial charge on any atom is -0.490 e. The van der Waals surface area contributed by atoms with E-state index in [1.165, 1.54) is 0 Å². The molecule has 3 heterocycles. The van der Waals surface area contributed by atoms with E-state index in [1.54, 1.807) is 10.9 Å². The van der Waals surface area contributed by atoms with Gasteiger partial charge in [-0.1, -0.05) is 6.07 Å². The van der Waals surface area contributed by atoms with Gasteiger partial charge in [-0.05, 0) is 30.3 Å². The van der Waals surface area contributed by atoms with Crippen molar-refractivity contribution >= 4 is 10.9 Å². The van der Waals surface area contributed by atoms with Crippen LogP contribution >= 0.6 is 0 Å². The van der Waals surface area contributed by atoms with Gasteiger partial charge in [0.05, 0.1) is 18.4 Å². The molecule has 0 aliphatic carbocycles. The topological polar surface area (TPSA) is 68.0 Å². The second kappa shape index (κ2) is 6.25. The Morgan fingerprint density at radius 1 is 1.17 bits per heavy atom. The van der Waals surface area contributed by atoms with E-state index in [9.17, 15) is 5.11 Å². The Hall–Kier alpha value is -2.99. The maximum absolute atomic E-state index is 10.2. The van der Waals surface area contributed by atoms with Crippen molar-refractivity contribution in [1.82, 2.24) is 19.3 Å². The number of H-pyrrole nitrogens is 1. The normalized spacial score (nSPS) is 12.5. The van der Waals surface area contributed by atoms with E-state index < -0.39 is 6.10 Å². The van der Waals surface area contributed by atoms with E-state index in [-0.39, 0.29) is 6.61 Å². The molecule has 0 radical (unpaired) electrons. The number of nitrogens with zero attached hydrogens (tertiary/aromatic N) is 3. The number of hydrogen-bond donors (Lipinski definition) is 2. The van der Waals surface area contributed by atoms with Crippen LogP contribution in [0.1, 0.15) is 0 Å². The zero-order chi connectivity index (χ0) is 16.4. The molecule has 1 atom stereocenters. The predicted octanol–water partition coefficient (Wildman–Crippen LogP) is 2.60. The number of rotatable bonds is 6. The highest BCUT2D eigenvalue weighted by molar-refractivity contribution is 5.85. The molecule has 6 nitrogen and oxygen atoms in total. The van der Waals surface area contributed by atoms with Gasteiger partial charge in [-0.3, -0.25) is 4.68 Å². The standard InChI is InChI=1S/C18H18N4O2/c23-15(12-22-11-14(10-20-22)21-8-1-2-9-21)13-24-18-5-3-4-17-16(18)6-7-19-17/h1-11,15,19,23H,12-13H2/t15-/m1/s1. The van der Waals surface area contributed by atoms with Crippen LogP contribution in [0.4, 0.5) is 0 Å². The van der Waals surface area contributed by atoms with Gasteiger partial charge >= 0.3 is 0 Å². The van der Waals surface area contributed by atoms with Crippen molar-refractivity contribution in [2.75, 3.05) is 6.61 Å². The highest BCUT2D eigenvalue weighted by Gasteiger charge is 2.10. The second-order valence-corrected chi connectivity index (χ2v) is 5.67. The minimum absolute atomic E-state index is 0.211. The Morgan fingerprint density at radius 2 is 2.04 bits per heavy atom. The fourth-order valence-electron chi connectivity index (χ4n) is 2.73. The lowest BCUT2D eigenvalue weighted by molar-refractivity contribution is 0.0901. The first-order valence-corrected chi connectivity index (χ1v) is 7.82. The molecular formula is C18H18N4O2. The van der Waals surface area contributed by atoms with Crippen molar-refractivity contribution in [3.05, 3.63) is 67.4 Å². The number of aromatic amines is 1. The van der Waals surface area contributed by atoms with Crippen LogP contribution in [0.15, 0.2) is 67.4 Å². The van der Waals surface area contributed by atoms with Crippen molar-refractivity contribution in [2.45, 2.75) is 12.6 Å². The number of hydrogen-bond acceptors (Lipinski definition) is 3. The molecule has 0 aliphatic heterocycles. The Bertz CT molecular complexity index is 923.